The number of nitrogens with two attached hydrogens (primary N) is 1. The maximum absolute atomic E-state index is 5.98. The first-order valence-electron chi connectivity index (χ1n) is 5.91. The maximum atomic E-state index is 5.98. The van der Waals surface area contributed by atoms with Crippen LogP contribution < -0.4 is 5.73 Å². The van der Waals surface area contributed by atoms with Crippen LogP contribution in [0.2, 0.25) is 0 Å². The van der Waals surface area contributed by atoms with Crippen LogP contribution in [-0.4, -0.2) is 28.8 Å². The normalized spacial score (nSPS) is 12.6. The van der Waals surface area contributed by atoms with Crippen molar-refractivity contribution in [3.05, 3.63) is 28.7 Å². The fourth-order valence-corrected chi connectivity index (χ4v) is 2.04. The predicted octanol–water partition coefficient (Wildman–Crippen LogP) is 2.32. The van der Waals surface area contributed by atoms with Crippen LogP contribution in [0, 0.1) is 0 Å². The second-order valence-corrected chi connectivity index (χ2v) is 4.89. The minimum Gasteiger partial charge on any atom is -0.385 e. The molecule has 0 saturated heterocycles. The van der Waals surface area contributed by atoms with E-state index in [4.69, 9.17) is 15.0 Å². The summed E-state index contributed by atoms with van der Waals surface area (Å²) in [6.07, 6.45) is 3.26. The van der Waals surface area contributed by atoms with Crippen molar-refractivity contribution in [2.75, 3.05) is 13.7 Å². The number of methoxy groups -OCH3 is 1. The molecule has 0 fully saturated rings. The van der Waals surface area contributed by atoms with Crippen molar-refractivity contribution in [3.63, 3.8) is 0 Å². The smallest absolute Gasteiger partial charge is 0.243 e. The molecule has 2 rings (SSSR count). The molecule has 2 heterocycles. The van der Waals surface area contributed by atoms with Gasteiger partial charge in [-0.15, -0.1) is 0 Å². The molecule has 7 heteroatoms. The van der Waals surface area contributed by atoms with E-state index in [0.29, 0.717) is 24.0 Å². The van der Waals surface area contributed by atoms with Gasteiger partial charge in [0.25, 0.3) is 0 Å². The van der Waals surface area contributed by atoms with Gasteiger partial charge in [0.1, 0.15) is 5.69 Å². The third-order valence-electron chi connectivity index (χ3n) is 2.59. The third-order valence-corrected chi connectivity index (χ3v) is 3.23. The Hall–Kier alpha value is -1.31. The van der Waals surface area contributed by atoms with E-state index in [2.05, 4.69) is 31.1 Å². The van der Waals surface area contributed by atoms with Crippen LogP contribution in [0.5, 0.6) is 0 Å². The summed E-state index contributed by atoms with van der Waals surface area (Å²) in [6, 6.07) is 3.42. The number of rotatable bonds is 6. The Morgan fingerprint density at radius 2 is 2.37 bits per heavy atom. The summed E-state index contributed by atoms with van der Waals surface area (Å²) >= 11 is 3.40. The summed E-state index contributed by atoms with van der Waals surface area (Å²) in [6.45, 7) is 0.667. The summed E-state index contributed by atoms with van der Waals surface area (Å²) in [5, 5.41) is 3.91. The molecule has 19 heavy (non-hydrogen) atoms. The zero-order chi connectivity index (χ0) is 13.7. The number of ether oxygens (including phenoxy) is 1. The van der Waals surface area contributed by atoms with Crippen LogP contribution in [0.3, 0.4) is 0 Å². The molecule has 2 aromatic heterocycles. The highest BCUT2D eigenvalue weighted by Crippen LogP contribution is 2.24. The monoisotopic (exact) mass is 326 g/mol. The molecule has 0 spiro atoms. The average Bonchev–Trinajstić information content (AvgIpc) is 2.89. The molecule has 102 valence electrons. The van der Waals surface area contributed by atoms with Gasteiger partial charge in [0.2, 0.25) is 11.7 Å². The van der Waals surface area contributed by atoms with Gasteiger partial charge in [-0.2, -0.15) is 4.98 Å². The van der Waals surface area contributed by atoms with Crippen molar-refractivity contribution in [3.8, 4) is 11.5 Å². The van der Waals surface area contributed by atoms with Gasteiger partial charge >= 0.3 is 0 Å². The Labute approximate surface area is 119 Å². The minimum atomic E-state index is -0.279. The topological polar surface area (TPSA) is 87.1 Å². The van der Waals surface area contributed by atoms with Crippen molar-refractivity contribution in [1.29, 1.82) is 0 Å². The van der Waals surface area contributed by atoms with Crippen molar-refractivity contribution in [2.45, 2.75) is 18.9 Å². The fraction of sp³-hybridized carbons (Fsp3) is 0.417. The lowest BCUT2D eigenvalue weighted by Gasteiger charge is -2.04. The van der Waals surface area contributed by atoms with Gasteiger partial charge in [0, 0.05) is 24.4 Å². The number of hydrogen-bond acceptors (Lipinski definition) is 6. The molecule has 6 nitrogen and oxygen atoms in total. The number of pyridine rings is 1. The van der Waals surface area contributed by atoms with E-state index in [1.165, 1.54) is 0 Å². The summed E-state index contributed by atoms with van der Waals surface area (Å²) in [5.41, 5.74) is 6.62. The predicted molar refractivity (Wildman–Crippen MR) is 73.3 cm³/mol. The molecule has 0 aliphatic heterocycles. The molecule has 1 atom stereocenters. The number of halogens is 1. The molecule has 2 aromatic rings. The highest BCUT2D eigenvalue weighted by Gasteiger charge is 2.17. The Kier molecular flexibility index (Phi) is 5.00. The second kappa shape index (κ2) is 6.74. The Morgan fingerprint density at radius 3 is 3.11 bits per heavy atom. The maximum Gasteiger partial charge on any atom is 0.243 e. The van der Waals surface area contributed by atoms with E-state index in [1.54, 1.807) is 13.3 Å². The average molecular weight is 327 g/mol. The highest BCUT2D eigenvalue weighted by molar-refractivity contribution is 9.10. The van der Waals surface area contributed by atoms with Crippen LogP contribution >= 0.6 is 15.9 Å². The molecule has 0 aliphatic carbocycles. The standard InChI is InChI=1S/C12H15BrN4O2/c1-18-7-3-5-9(14)12-16-11(17-19-12)10-8(13)4-2-6-15-10/h2,4,6,9H,3,5,7,14H2,1H3. The van der Waals surface area contributed by atoms with E-state index in [1.807, 2.05) is 12.1 Å². The molecule has 0 amide bonds. The number of aromatic nitrogens is 3. The summed E-state index contributed by atoms with van der Waals surface area (Å²) in [4.78, 5) is 8.49. The first kappa shape index (κ1) is 14.1. The zero-order valence-corrected chi connectivity index (χ0v) is 12.1. The van der Waals surface area contributed by atoms with Crippen molar-refractivity contribution in [1.82, 2.24) is 15.1 Å². The van der Waals surface area contributed by atoms with Gasteiger partial charge in [0.05, 0.1) is 6.04 Å². The van der Waals surface area contributed by atoms with E-state index in [0.717, 1.165) is 17.3 Å². The lowest BCUT2D eigenvalue weighted by Crippen LogP contribution is -2.11. The fourth-order valence-electron chi connectivity index (χ4n) is 1.60. The van der Waals surface area contributed by atoms with E-state index in [-0.39, 0.29) is 6.04 Å². The van der Waals surface area contributed by atoms with Gasteiger partial charge in [0.15, 0.2) is 0 Å². The molecular weight excluding hydrogens is 312 g/mol. The molecule has 0 bridgehead atoms. The quantitative estimate of drug-likeness (QED) is 0.819. The summed E-state index contributed by atoms with van der Waals surface area (Å²) in [7, 11) is 1.66. The van der Waals surface area contributed by atoms with Crippen LogP contribution in [0.25, 0.3) is 11.5 Å². The third kappa shape index (κ3) is 3.59. The molecule has 2 N–H and O–H groups in total. The Morgan fingerprint density at radius 1 is 1.53 bits per heavy atom. The van der Waals surface area contributed by atoms with Crippen LogP contribution in [0.1, 0.15) is 24.8 Å². The number of nitrogens with zero attached hydrogens (tertiary/aromatic N) is 3. The van der Waals surface area contributed by atoms with E-state index < -0.39 is 0 Å². The molecule has 0 aromatic carbocycles. The van der Waals surface area contributed by atoms with Gasteiger partial charge in [-0.25, -0.2) is 0 Å². The largest absolute Gasteiger partial charge is 0.385 e. The molecule has 0 aliphatic rings. The van der Waals surface area contributed by atoms with E-state index >= 15 is 0 Å². The van der Waals surface area contributed by atoms with Crippen molar-refractivity contribution >= 4 is 15.9 Å². The van der Waals surface area contributed by atoms with Gasteiger partial charge in [-0.1, -0.05) is 5.16 Å². The lowest BCUT2D eigenvalue weighted by molar-refractivity contribution is 0.188. The highest BCUT2D eigenvalue weighted by atomic mass is 79.9. The zero-order valence-electron chi connectivity index (χ0n) is 10.5. The first-order chi connectivity index (χ1) is 9.22. The lowest BCUT2D eigenvalue weighted by atomic mass is 10.2. The number of hydrogen-bond donors (Lipinski definition) is 1. The van der Waals surface area contributed by atoms with Crippen LogP contribution in [0.15, 0.2) is 27.3 Å². The van der Waals surface area contributed by atoms with Crippen molar-refractivity contribution in [2.24, 2.45) is 5.73 Å². The van der Waals surface area contributed by atoms with Gasteiger partial charge in [-0.05, 0) is 40.9 Å². The van der Waals surface area contributed by atoms with Gasteiger partial charge < -0.3 is 15.0 Å². The summed E-state index contributed by atoms with van der Waals surface area (Å²) in [5.74, 6) is 0.855. The first-order valence-corrected chi connectivity index (χ1v) is 6.70. The van der Waals surface area contributed by atoms with Crippen LogP contribution in [0.4, 0.5) is 0 Å². The Bertz CT molecular complexity index is 532. The van der Waals surface area contributed by atoms with Crippen LogP contribution in [-0.2, 0) is 4.74 Å². The Balaban J connectivity index is 2.09. The molecule has 0 radical (unpaired) electrons. The molecular formula is C12H15BrN4O2. The minimum absolute atomic E-state index is 0.279. The summed E-state index contributed by atoms with van der Waals surface area (Å²) < 4.78 is 11.0. The second-order valence-electron chi connectivity index (χ2n) is 4.03. The van der Waals surface area contributed by atoms with Gasteiger partial charge in [-0.3, -0.25) is 4.98 Å². The SMILES string of the molecule is COCCCC(N)c1nc(-c2ncccc2Br)no1. The molecule has 0 saturated carbocycles. The molecule has 1 unspecified atom stereocenters. The van der Waals surface area contributed by atoms with Crippen molar-refractivity contribution < 1.29 is 9.26 Å². The van der Waals surface area contributed by atoms with E-state index in [9.17, 15) is 0 Å².